The number of phenolic OH excluding ortho intramolecular Hbond substituents is 2. The maximum absolute atomic E-state index is 10.4. The van der Waals surface area contributed by atoms with Crippen LogP contribution < -0.4 is 0 Å². The lowest BCUT2D eigenvalue weighted by Crippen LogP contribution is -1.84. The van der Waals surface area contributed by atoms with Crippen LogP contribution in [0.5, 0.6) is 11.5 Å². The molecule has 0 fully saturated rings. The Bertz CT molecular complexity index is 1070. The topological polar surface area (TPSA) is 65.2 Å². The van der Waals surface area contributed by atoms with Crippen molar-refractivity contribution >= 4 is 39.8 Å². The summed E-state index contributed by atoms with van der Waals surface area (Å²) in [5.41, 5.74) is 1.06. The van der Waals surface area contributed by atoms with Gasteiger partial charge in [0.15, 0.2) is 0 Å². The molecule has 26 heavy (non-hydrogen) atoms. The Labute approximate surface area is 150 Å². The molecule has 0 saturated heterocycles. The molecule has 126 valence electrons. The molecule has 0 aromatic heterocycles. The van der Waals surface area contributed by atoms with E-state index < -0.39 is 0 Å². The first-order valence-corrected chi connectivity index (χ1v) is 8.21. The SMILES string of the molecule is Oc1c(C=NC=Nc2ccc3ccccc3c2O)ccc2ccccc12. The number of phenols is 2. The van der Waals surface area contributed by atoms with Crippen LogP contribution in [0.2, 0.25) is 0 Å². The van der Waals surface area contributed by atoms with Gasteiger partial charge in [-0.25, -0.2) is 9.98 Å². The van der Waals surface area contributed by atoms with Crippen molar-refractivity contribution in [3.63, 3.8) is 0 Å². The number of hydrogen-bond donors (Lipinski definition) is 2. The van der Waals surface area contributed by atoms with Crippen LogP contribution in [0, 0.1) is 0 Å². The Hall–Kier alpha value is -3.66. The fourth-order valence-electron chi connectivity index (χ4n) is 2.93. The fourth-order valence-corrected chi connectivity index (χ4v) is 2.93. The Morgan fingerprint density at radius 1 is 0.654 bits per heavy atom. The first-order valence-electron chi connectivity index (χ1n) is 8.21. The van der Waals surface area contributed by atoms with E-state index >= 15 is 0 Å². The minimum atomic E-state index is 0.128. The Morgan fingerprint density at radius 2 is 1.27 bits per heavy atom. The molecule has 0 heterocycles. The summed E-state index contributed by atoms with van der Waals surface area (Å²) in [5, 5.41) is 24.1. The molecule has 0 atom stereocenters. The maximum atomic E-state index is 10.4. The zero-order valence-electron chi connectivity index (χ0n) is 13.9. The van der Waals surface area contributed by atoms with Gasteiger partial charge in [-0.3, -0.25) is 0 Å². The summed E-state index contributed by atoms with van der Waals surface area (Å²) in [4.78, 5) is 8.35. The zero-order chi connectivity index (χ0) is 17.9. The van der Waals surface area contributed by atoms with Crippen molar-refractivity contribution in [1.29, 1.82) is 0 Å². The van der Waals surface area contributed by atoms with Gasteiger partial charge in [0, 0.05) is 22.6 Å². The van der Waals surface area contributed by atoms with E-state index in [2.05, 4.69) is 9.98 Å². The van der Waals surface area contributed by atoms with Crippen molar-refractivity contribution in [3.05, 3.63) is 78.4 Å². The third-order valence-corrected chi connectivity index (χ3v) is 4.29. The van der Waals surface area contributed by atoms with Crippen molar-refractivity contribution in [1.82, 2.24) is 0 Å². The standard InChI is InChI=1S/C22H16N2O2/c25-21-17(10-9-15-5-1-3-7-18(15)21)13-23-14-24-20-12-11-16-6-2-4-8-19(16)22(20)26/h1-14,25-26H. The summed E-state index contributed by atoms with van der Waals surface area (Å²) in [7, 11) is 0. The normalized spacial score (nSPS) is 11.8. The van der Waals surface area contributed by atoms with E-state index in [-0.39, 0.29) is 11.5 Å². The van der Waals surface area contributed by atoms with Gasteiger partial charge in [0.25, 0.3) is 0 Å². The second kappa shape index (κ2) is 6.69. The molecule has 4 rings (SSSR count). The molecule has 0 spiro atoms. The molecule has 0 amide bonds. The summed E-state index contributed by atoms with van der Waals surface area (Å²) < 4.78 is 0. The third-order valence-electron chi connectivity index (χ3n) is 4.29. The highest BCUT2D eigenvalue weighted by Gasteiger charge is 2.05. The number of nitrogens with zero attached hydrogens (tertiary/aromatic N) is 2. The minimum absolute atomic E-state index is 0.128. The molecule has 0 aliphatic rings. The maximum Gasteiger partial charge on any atom is 0.149 e. The first-order chi connectivity index (χ1) is 12.7. The number of rotatable bonds is 3. The van der Waals surface area contributed by atoms with E-state index in [1.54, 1.807) is 12.3 Å². The zero-order valence-corrected chi connectivity index (χ0v) is 13.9. The van der Waals surface area contributed by atoms with Crippen LogP contribution in [-0.2, 0) is 0 Å². The summed E-state index contributed by atoms with van der Waals surface area (Å²) in [6.07, 6.45) is 2.90. The monoisotopic (exact) mass is 340 g/mol. The average molecular weight is 340 g/mol. The van der Waals surface area contributed by atoms with Crippen LogP contribution >= 0.6 is 0 Å². The van der Waals surface area contributed by atoms with Gasteiger partial charge in [0.05, 0.1) is 0 Å². The van der Waals surface area contributed by atoms with Crippen molar-refractivity contribution in [2.45, 2.75) is 0 Å². The number of aliphatic imine (C=N–C) groups is 2. The van der Waals surface area contributed by atoms with Crippen molar-refractivity contribution in [2.24, 2.45) is 9.98 Å². The van der Waals surface area contributed by atoms with Gasteiger partial charge in [0.1, 0.15) is 23.5 Å². The summed E-state index contributed by atoms with van der Waals surface area (Å²) in [6, 6.07) is 22.6. The van der Waals surface area contributed by atoms with E-state index in [1.807, 2.05) is 66.7 Å². The van der Waals surface area contributed by atoms with E-state index in [9.17, 15) is 10.2 Å². The van der Waals surface area contributed by atoms with E-state index in [1.165, 1.54) is 6.34 Å². The molecule has 0 aliphatic carbocycles. The molecule has 4 aromatic carbocycles. The summed E-state index contributed by atoms with van der Waals surface area (Å²) in [6.45, 7) is 0. The molecule has 0 aliphatic heterocycles. The number of aromatic hydroxyl groups is 2. The second-order valence-corrected chi connectivity index (χ2v) is 5.90. The fraction of sp³-hybridized carbons (Fsp3) is 0. The van der Waals surface area contributed by atoms with Crippen LogP contribution in [-0.4, -0.2) is 22.8 Å². The molecule has 0 bridgehead atoms. The van der Waals surface area contributed by atoms with Crippen molar-refractivity contribution < 1.29 is 10.2 Å². The quantitative estimate of drug-likeness (QED) is 0.398. The van der Waals surface area contributed by atoms with Gasteiger partial charge < -0.3 is 10.2 Å². The molecule has 0 unspecified atom stereocenters. The summed E-state index contributed by atoms with van der Waals surface area (Å²) >= 11 is 0. The molecule has 4 nitrogen and oxygen atoms in total. The predicted octanol–water partition coefficient (Wildman–Crippen LogP) is 5.18. The van der Waals surface area contributed by atoms with Gasteiger partial charge in [-0.2, -0.15) is 0 Å². The number of fused-ring (bicyclic) bond motifs is 2. The van der Waals surface area contributed by atoms with Crippen LogP contribution in [0.25, 0.3) is 21.5 Å². The highest BCUT2D eigenvalue weighted by atomic mass is 16.3. The van der Waals surface area contributed by atoms with Gasteiger partial charge in [-0.1, -0.05) is 60.7 Å². The molecule has 0 radical (unpaired) electrons. The van der Waals surface area contributed by atoms with Gasteiger partial charge in [-0.15, -0.1) is 0 Å². The van der Waals surface area contributed by atoms with Crippen molar-refractivity contribution in [3.8, 4) is 11.5 Å². The minimum Gasteiger partial charge on any atom is -0.507 e. The molecule has 4 heteroatoms. The van der Waals surface area contributed by atoms with Gasteiger partial charge in [-0.05, 0) is 22.9 Å². The second-order valence-electron chi connectivity index (χ2n) is 5.90. The Balaban J connectivity index is 1.61. The van der Waals surface area contributed by atoms with Gasteiger partial charge in [0.2, 0.25) is 0 Å². The summed E-state index contributed by atoms with van der Waals surface area (Å²) in [5.74, 6) is 0.317. The Morgan fingerprint density at radius 3 is 2.00 bits per heavy atom. The molecular formula is C22H16N2O2. The highest BCUT2D eigenvalue weighted by molar-refractivity contribution is 5.99. The van der Waals surface area contributed by atoms with Crippen molar-refractivity contribution in [2.75, 3.05) is 0 Å². The molecule has 4 aromatic rings. The predicted molar refractivity (Wildman–Crippen MR) is 107 cm³/mol. The molecule has 2 N–H and O–H groups in total. The van der Waals surface area contributed by atoms with E-state index in [0.29, 0.717) is 11.3 Å². The molecule has 0 saturated carbocycles. The first kappa shape index (κ1) is 15.8. The highest BCUT2D eigenvalue weighted by Crippen LogP contribution is 2.34. The lowest BCUT2D eigenvalue weighted by atomic mass is 10.1. The Kier molecular flexibility index (Phi) is 4.07. The van der Waals surface area contributed by atoms with Gasteiger partial charge >= 0.3 is 0 Å². The molecular weight excluding hydrogens is 324 g/mol. The lowest BCUT2D eigenvalue weighted by molar-refractivity contribution is 0.480. The average Bonchev–Trinajstić information content (AvgIpc) is 2.68. The largest absolute Gasteiger partial charge is 0.507 e. The van der Waals surface area contributed by atoms with Crippen LogP contribution in [0.4, 0.5) is 5.69 Å². The number of benzene rings is 4. The van der Waals surface area contributed by atoms with Crippen LogP contribution in [0.3, 0.4) is 0 Å². The lowest BCUT2D eigenvalue weighted by Gasteiger charge is -2.04. The smallest absolute Gasteiger partial charge is 0.149 e. The third kappa shape index (κ3) is 2.89. The van der Waals surface area contributed by atoms with E-state index in [4.69, 9.17) is 0 Å². The van der Waals surface area contributed by atoms with E-state index in [0.717, 1.165) is 21.5 Å². The van der Waals surface area contributed by atoms with Crippen LogP contribution in [0.1, 0.15) is 5.56 Å². The van der Waals surface area contributed by atoms with Crippen LogP contribution in [0.15, 0.2) is 82.8 Å². The number of hydrogen-bond acceptors (Lipinski definition) is 3.